The minimum atomic E-state index is -0.461. The van der Waals surface area contributed by atoms with Gasteiger partial charge in [-0.1, -0.05) is 11.6 Å². The molecule has 184 valence electrons. The van der Waals surface area contributed by atoms with E-state index in [1.165, 1.54) is 28.3 Å². The molecule has 0 unspecified atom stereocenters. The van der Waals surface area contributed by atoms with Crippen molar-refractivity contribution in [1.82, 2.24) is 19.4 Å². The van der Waals surface area contributed by atoms with Gasteiger partial charge in [0.15, 0.2) is 0 Å². The van der Waals surface area contributed by atoms with Gasteiger partial charge in [-0.15, -0.1) is 11.3 Å². The Hall–Kier alpha value is -2.98. The zero-order valence-electron chi connectivity index (χ0n) is 19.3. The number of amides is 2. The monoisotopic (exact) mass is 517 g/mol. The standard InChI is InChI=1S/C24H25ClFN5O3S/c1-15-20-22(27-14-31(23(20)33)13-19(32)29-6-2-3-7-29)35-21(15)24(34)30-10-8-28(9-11-30)16-4-5-18(26)17(25)12-16/h4-5,12,14H,2-3,6-11,13H2,1H3. The number of halogens is 2. The fourth-order valence-electron chi connectivity index (χ4n) is 4.68. The smallest absolute Gasteiger partial charge is 0.264 e. The summed E-state index contributed by atoms with van der Waals surface area (Å²) in [6.45, 7) is 5.31. The lowest BCUT2D eigenvalue weighted by molar-refractivity contribution is -0.130. The highest BCUT2D eigenvalue weighted by atomic mass is 35.5. The molecule has 2 aliphatic heterocycles. The minimum absolute atomic E-state index is 0.0459. The maximum absolute atomic E-state index is 13.5. The van der Waals surface area contributed by atoms with Crippen molar-refractivity contribution in [3.05, 3.63) is 56.2 Å². The second kappa shape index (κ2) is 9.58. The number of aryl methyl sites for hydroxylation is 1. The average molecular weight is 518 g/mol. The number of nitrogens with zero attached hydrogens (tertiary/aromatic N) is 5. The average Bonchev–Trinajstić information content (AvgIpc) is 3.51. The van der Waals surface area contributed by atoms with Crippen LogP contribution in [0.4, 0.5) is 10.1 Å². The Kier molecular flexibility index (Phi) is 6.50. The van der Waals surface area contributed by atoms with E-state index in [0.717, 1.165) is 31.6 Å². The van der Waals surface area contributed by atoms with Crippen molar-refractivity contribution in [3.8, 4) is 0 Å². The second-order valence-corrected chi connectivity index (χ2v) is 10.3. The Balaban J connectivity index is 1.32. The molecule has 3 aromatic rings. The van der Waals surface area contributed by atoms with Gasteiger partial charge in [0.1, 0.15) is 17.2 Å². The van der Waals surface area contributed by atoms with Crippen LogP contribution in [0, 0.1) is 12.7 Å². The number of anilines is 1. The molecule has 4 heterocycles. The molecular weight excluding hydrogens is 493 g/mol. The van der Waals surface area contributed by atoms with E-state index in [2.05, 4.69) is 9.88 Å². The van der Waals surface area contributed by atoms with Crippen LogP contribution < -0.4 is 10.5 Å². The molecule has 11 heteroatoms. The van der Waals surface area contributed by atoms with Gasteiger partial charge in [0, 0.05) is 45.0 Å². The quantitative estimate of drug-likeness (QED) is 0.531. The Morgan fingerprint density at radius 2 is 1.80 bits per heavy atom. The topological polar surface area (TPSA) is 78.8 Å². The van der Waals surface area contributed by atoms with E-state index in [4.69, 9.17) is 11.6 Å². The third kappa shape index (κ3) is 4.52. The summed E-state index contributed by atoms with van der Waals surface area (Å²) < 4.78 is 14.8. The van der Waals surface area contributed by atoms with Crippen molar-refractivity contribution in [2.24, 2.45) is 0 Å². The first-order valence-electron chi connectivity index (χ1n) is 11.6. The van der Waals surface area contributed by atoms with Gasteiger partial charge in [0.2, 0.25) is 5.91 Å². The molecule has 0 spiro atoms. The number of fused-ring (bicyclic) bond motifs is 1. The fourth-order valence-corrected chi connectivity index (χ4v) is 5.96. The number of carbonyl (C=O) groups excluding carboxylic acids is 2. The normalized spacial score (nSPS) is 16.4. The summed E-state index contributed by atoms with van der Waals surface area (Å²) >= 11 is 7.12. The summed E-state index contributed by atoms with van der Waals surface area (Å²) in [5.74, 6) is -0.686. The number of hydrogen-bond donors (Lipinski definition) is 0. The molecule has 0 aliphatic carbocycles. The number of likely N-dealkylation sites (tertiary alicyclic amines) is 1. The highest BCUT2D eigenvalue weighted by Crippen LogP contribution is 2.29. The first-order valence-corrected chi connectivity index (χ1v) is 12.8. The number of aromatic nitrogens is 2. The van der Waals surface area contributed by atoms with E-state index in [1.54, 1.807) is 28.9 Å². The second-order valence-electron chi connectivity index (χ2n) is 8.88. The largest absolute Gasteiger partial charge is 0.368 e. The van der Waals surface area contributed by atoms with E-state index >= 15 is 0 Å². The summed E-state index contributed by atoms with van der Waals surface area (Å²) in [6.07, 6.45) is 3.37. The van der Waals surface area contributed by atoms with Gasteiger partial charge in [-0.2, -0.15) is 0 Å². The molecule has 2 aromatic heterocycles. The predicted molar refractivity (Wildman–Crippen MR) is 134 cm³/mol. The van der Waals surface area contributed by atoms with Gasteiger partial charge < -0.3 is 14.7 Å². The van der Waals surface area contributed by atoms with Crippen molar-refractivity contribution < 1.29 is 14.0 Å². The summed E-state index contributed by atoms with van der Waals surface area (Å²) in [5, 5.41) is 0.469. The molecule has 2 fully saturated rings. The molecule has 2 amide bonds. The number of hydrogen-bond acceptors (Lipinski definition) is 6. The van der Waals surface area contributed by atoms with Crippen molar-refractivity contribution in [2.45, 2.75) is 26.3 Å². The summed E-state index contributed by atoms with van der Waals surface area (Å²) in [7, 11) is 0. The van der Waals surface area contributed by atoms with Crippen LogP contribution in [0.5, 0.6) is 0 Å². The van der Waals surface area contributed by atoms with Crippen molar-refractivity contribution in [1.29, 1.82) is 0 Å². The first kappa shape index (κ1) is 23.7. The van der Waals surface area contributed by atoms with Crippen LogP contribution in [-0.2, 0) is 11.3 Å². The molecule has 8 nitrogen and oxygen atoms in total. The minimum Gasteiger partial charge on any atom is -0.368 e. The molecule has 5 rings (SSSR count). The molecule has 0 N–H and O–H groups in total. The molecule has 2 saturated heterocycles. The van der Waals surface area contributed by atoms with Crippen LogP contribution in [0.1, 0.15) is 28.1 Å². The lowest BCUT2D eigenvalue weighted by atomic mass is 10.2. The summed E-state index contributed by atoms with van der Waals surface area (Å²) in [5.41, 5.74) is 1.12. The SMILES string of the molecule is Cc1c(C(=O)N2CCN(c3ccc(F)c(Cl)c3)CC2)sc2ncn(CC(=O)N3CCCC3)c(=O)c12. The lowest BCUT2D eigenvalue weighted by Gasteiger charge is -2.36. The van der Waals surface area contributed by atoms with Crippen LogP contribution in [-0.4, -0.2) is 70.4 Å². The van der Waals surface area contributed by atoms with Gasteiger partial charge in [-0.3, -0.25) is 19.0 Å². The van der Waals surface area contributed by atoms with Gasteiger partial charge >= 0.3 is 0 Å². The Labute approximate surface area is 210 Å². The van der Waals surface area contributed by atoms with Gasteiger partial charge in [0.05, 0.1) is 21.6 Å². The first-order chi connectivity index (χ1) is 16.8. The number of piperazine rings is 1. The number of carbonyl (C=O) groups is 2. The van der Waals surface area contributed by atoms with Crippen LogP contribution in [0.15, 0.2) is 29.3 Å². The molecule has 35 heavy (non-hydrogen) atoms. The molecule has 0 atom stereocenters. The fraction of sp³-hybridized carbons (Fsp3) is 0.417. The molecule has 0 bridgehead atoms. The summed E-state index contributed by atoms with van der Waals surface area (Å²) in [4.78, 5) is 50.0. The Morgan fingerprint density at radius 3 is 2.49 bits per heavy atom. The highest BCUT2D eigenvalue weighted by molar-refractivity contribution is 7.20. The zero-order valence-corrected chi connectivity index (χ0v) is 20.9. The number of benzene rings is 1. The maximum atomic E-state index is 13.5. The molecular formula is C24H25ClFN5O3S. The Bertz CT molecular complexity index is 1360. The number of thiophene rings is 1. The highest BCUT2D eigenvalue weighted by Gasteiger charge is 2.27. The van der Waals surface area contributed by atoms with Crippen LogP contribution in [0.2, 0.25) is 5.02 Å². The third-order valence-electron chi connectivity index (χ3n) is 6.71. The van der Waals surface area contributed by atoms with E-state index in [1.807, 2.05) is 0 Å². The van der Waals surface area contributed by atoms with E-state index < -0.39 is 5.82 Å². The van der Waals surface area contributed by atoms with Crippen LogP contribution in [0.25, 0.3) is 10.2 Å². The lowest BCUT2D eigenvalue weighted by Crippen LogP contribution is -2.48. The predicted octanol–water partition coefficient (Wildman–Crippen LogP) is 3.14. The molecule has 1 aromatic carbocycles. The van der Waals surface area contributed by atoms with Gasteiger partial charge in [0.25, 0.3) is 11.5 Å². The zero-order chi connectivity index (χ0) is 24.7. The number of rotatable bonds is 4. The van der Waals surface area contributed by atoms with E-state index in [0.29, 0.717) is 46.8 Å². The molecule has 0 saturated carbocycles. The van der Waals surface area contributed by atoms with Gasteiger partial charge in [-0.05, 0) is 43.5 Å². The maximum Gasteiger partial charge on any atom is 0.264 e. The van der Waals surface area contributed by atoms with Crippen molar-refractivity contribution in [2.75, 3.05) is 44.2 Å². The van der Waals surface area contributed by atoms with E-state index in [-0.39, 0.29) is 28.9 Å². The summed E-state index contributed by atoms with van der Waals surface area (Å²) in [6, 6.07) is 4.62. The van der Waals surface area contributed by atoms with Crippen LogP contribution in [0.3, 0.4) is 0 Å². The molecule has 0 radical (unpaired) electrons. The molecule has 2 aliphatic rings. The Morgan fingerprint density at radius 1 is 1.09 bits per heavy atom. The van der Waals surface area contributed by atoms with E-state index in [9.17, 15) is 18.8 Å². The third-order valence-corrected chi connectivity index (χ3v) is 8.19. The van der Waals surface area contributed by atoms with Crippen LogP contribution >= 0.6 is 22.9 Å². The van der Waals surface area contributed by atoms with Gasteiger partial charge in [-0.25, -0.2) is 9.37 Å². The van der Waals surface area contributed by atoms with Crippen molar-refractivity contribution in [3.63, 3.8) is 0 Å². The van der Waals surface area contributed by atoms with Crippen molar-refractivity contribution >= 4 is 50.7 Å².